The van der Waals surface area contributed by atoms with Gasteiger partial charge in [-0.15, -0.1) is 0 Å². The Bertz CT molecular complexity index is 1350. The van der Waals surface area contributed by atoms with E-state index >= 15 is 0 Å². The first-order valence-corrected chi connectivity index (χ1v) is 12.4. The molecular weight excluding hydrogens is 515 g/mol. The number of alkyl halides is 3. The fourth-order valence-corrected chi connectivity index (χ4v) is 4.50. The van der Waals surface area contributed by atoms with Crippen LogP contribution in [0.5, 0.6) is 17.4 Å². The first-order chi connectivity index (χ1) is 18.7. The average Bonchev–Trinajstić information content (AvgIpc) is 2.90. The highest BCUT2D eigenvalue weighted by atomic mass is 19.4. The van der Waals surface area contributed by atoms with Crippen molar-refractivity contribution in [3.8, 4) is 17.4 Å². The molecule has 0 unspecified atom stereocenters. The van der Waals surface area contributed by atoms with Crippen molar-refractivity contribution in [2.45, 2.75) is 12.7 Å². The normalized spacial score (nSPS) is 16.4. The molecule has 1 fully saturated rings. The number of urea groups is 1. The molecule has 2 aliphatic rings. The molecule has 1 aromatic heterocycles. The van der Waals surface area contributed by atoms with E-state index < -0.39 is 17.8 Å². The van der Waals surface area contributed by atoms with Gasteiger partial charge >= 0.3 is 12.2 Å². The van der Waals surface area contributed by atoms with Crippen molar-refractivity contribution in [3.63, 3.8) is 0 Å². The quantitative estimate of drug-likeness (QED) is 0.496. The van der Waals surface area contributed by atoms with Crippen LogP contribution in [-0.2, 0) is 12.7 Å². The maximum absolute atomic E-state index is 14.0. The van der Waals surface area contributed by atoms with Gasteiger partial charge in [0.25, 0.3) is 0 Å². The number of aromatic nitrogens is 2. The van der Waals surface area contributed by atoms with E-state index in [1.807, 2.05) is 11.9 Å². The van der Waals surface area contributed by atoms with Gasteiger partial charge in [0.1, 0.15) is 18.1 Å². The van der Waals surface area contributed by atoms with Crippen LogP contribution in [0.4, 0.5) is 35.3 Å². The van der Waals surface area contributed by atoms with Gasteiger partial charge in [0.05, 0.1) is 17.8 Å². The molecule has 0 bridgehead atoms. The topological polar surface area (TPSA) is 109 Å². The number of hydrogen-bond donors (Lipinski definition) is 2. The Morgan fingerprint density at radius 2 is 1.90 bits per heavy atom. The second-order valence-corrected chi connectivity index (χ2v) is 9.36. The van der Waals surface area contributed by atoms with Gasteiger partial charge in [-0.1, -0.05) is 6.07 Å². The summed E-state index contributed by atoms with van der Waals surface area (Å²) in [4.78, 5) is 26.5. The predicted octanol–water partition coefficient (Wildman–Crippen LogP) is 4.05. The molecule has 3 aromatic rings. The van der Waals surface area contributed by atoms with Crippen molar-refractivity contribution in [3.05, 3.63) is 59.8 Å². The van der Waals surface area contributed by atoms with Crippen molar-refractivity contribution in [2.75, 3.05) is 62.3 Å². The molecule has 2 aromatic carbocycles. The molecule has 0 aliphatic carbocycles. The Morgan fingerprint density at radius 3 is 2.64 bits per heavy atom. The molecule has 39 heavy (non-hydrogen) atoms. The Hall–Kier alpha value is -4.10. The SMILES string of the molecule is CN1CCN(Cc2ccc(NC(=O)N3CCOc4cc(Oc5ccnc(N)n5)ccc43)cc2C(F)(F)F)CC1. The molecule has 2 amide bonds. The third-order valence-corrected chi connectivity index (χ3v) is 6.57. The standard InChI is InChI=1S/C26H28F3N7O3/c1-34-8-10-35(11-9-34)16-17-2-3-18(14-20(17)26(27,28)29)32-25(37)36-12-13-38-22-15-19(4-5-21(22)36)39-23-6-7-31-24(30)33-23/h2-7,14-15H,8-13,16H2,1H3,(H,32,37)(H2,30,31,33). The Balaban J connectivity index is 1.31. The van der Waals surface area contributed by atoms with Gasteiger partial charge in [-0.3, -0.25) is 9.80 Å². The van der Waals surface area contributed by atoms with Crippen molar-refractivity contribution < 1.29 is 27.4 Å². The zero-order valence-electron chi connectivity index (χ0n) is 21.2. The summed E-state index contributed by atoms with van der Waals surface area (Å²) in [5.41, 5.74) is 5.52. The van der Waals surface area contributed by atoms with Gasteiger partial charge in [0.15, 0.2) is 0 Å². The third kappa shape index (κ3) is 6.32. The molecular formula is C26H28F3N7O3. The van der Waals surface area contributed by atoms with Gasteiger partial charge in [-0.2, -0.15) is 18.2 Å². The first-order valence-electron chi connectivity index (χ1n) is 12.4. The number of carbonyl (C=O) groups excluding carboxylic acids is 1. The number of halogens is 3. The molecule has 5 rings (SSSR count). The van der Waals surface area contributed by atoms with Gasteiger partial charge in [0, 0.05) is 56.7 Å². The predicted molar refractivity (Wildman–Crippen MR) is 139 cm³/mol. The number of nitrogens with two attached hydrogens (primary N) is 1. The molecule has 10 nitrogen and oxygen atoms in total. The highest BCUT2D eigenvalue weighted by molar-refractivity contribution is 6.03. The molecule has 13 heteroatoms. The summed E-state index contributed by atoms with van der Waals surface area (Å²) in [5.74, 6) is 1.09. The van der Waals surface area contributed by atoms with Crippen LogP contribution in [0, 0.1) is 0 Å². The molecule has 0 saturated carbocycles. The minimum absolute atomic E-state index is 0.0591. The molecule has 206 valence electrons. The molecule has 3 heterocycles. The van der Waals surface area contributed by atoms with E-state index in [1.165, 1.54) is 23.2 Å². The summed E-state index contributed by atoms with van der Waals surface area (Å²) < 4.78 is 53.3. The summed E-state index contributed by atoms with van der Waals surface area (Å²) in [6, 6.07) is 9.77. The number of fused-ring (bicyclic) bond motifs is 1. The number of nitrogen functional groups attached to an aromatic ring is 1. The number of amides is 2. The number of anilines is 3. The van der Waals surface area contributed by atoms with Crippen LogP contribution in [0.25, 0.3) is 0 Å². The maximum atomic E-state index is 14.0. The van der Waals surface area contributed by atoms with Crippen molar-refractivity contribution in [1.82, 2.24) is 19.8 Å². The second kappa shape index (κ2) is 10.9. The molecule has 0 atom stereocenters. The minimum atomic E-state index is -4.56. The van der Waals surface area contributed by atoms with Gasteiger partial charge in [-0.05, 0) is 36.9 Å². The van der Waals surface area contributed by atoms with Gasteiger partial charge < -0.3 is 25.4 Å². The summed E-state index contributed by atoms with van der Waals surface area (Å²) >= 11 is 0. The molecule has 3 N–H and O–H groups in total. The molecule has 0 radical (unpaired) electrons. The number of piperazine rings is 1. The van der Waals surface area contributed by atoms with Gasteiger partial charge in [0.2, 0.25) is 11.8 Å². The number of nitrogens with zero attached hydrogens (tertiary/aromatic N) is 5. The van der Waals surface area contributed by atoms with Crippen LogP contribution in [0.2, 0.25) is 0 Å². The lowest BCUT2D eigenvalue weighted by Gasteiger charge is -2.33. The lowest BCUT2D eigenvalue weighted by Crippen LogP contribution is -2.44. The summed E-state index contributed by atoms with van der Waals surface area (Å²) in [7, 11) is 1.99. The largest absolute Gasteiger partial charge is 0.489 e. The smallest absolute Gasteiger partial charge is 0.416 e. The number of rotatable bonds is 5. The fraction of sp³-hybridized carbons (Fsp3) is 0.346. The fourth-order valence-electron chi connectivity index (χ4n) is 4.50. The van der Waals surface area contributed by atoms with E-state index in [0.29, 0.717) is 30.3 Å². The minimum Gasteiger partial charge on any atom is -0.489 e. The van der Waals surface area contributed by atoms with E-state index in [1.54, 1.807) is 24.3 Å². The van der Waals surface area contributed by atoms with E-state index in [0.717, 1.165) is 19.2 Å². The van der Waals surface area contributed by atoms with Gasteiger partial charge in [-0.25, -0.2) is 9.78 Å². The first kappa shape index (κ1) is 26.5. The van der Waals surface area contributed by atoms with Crippen LogP contribution in [0.1, 0.15) is 11.1 Å². The number of benzene rings is 2. The van der Waals surface area contributed by atoms with Crippen LogP contribution in [0.15, 0.2) is 48.7 Å². The van der Waals surface area contributed by atoms with Crippen LogP contribution < -0.4 is 25.4 Å². The summed E-state index contributed by atoms with van der Waals surface area (Å²) in [5, 5.41) is 2.61. The Morgan fingerprint density at radius 1 is 1.10 bits per heavy atom. The average molecular weight is 544 g/mol. The van der Waals surface area contributed by atoms with E-state index in [4.69, 9.17) is 15.2 Å². The number of hydrogen-bond acceptors (Lipinski definition) is 8. The zero-order valence-corrected chi connectivity index (χ0v) is 21.2. The van der Waals surface area contributed by atoms with E-state index in [2.05, 4.69) is 20.2 Å². The third-order valence-electron chi connectivity index (χ3n) is 6.57. The number of likely N-dealkylation sites (N-methyl/N-ethyl adjacent to an activating group) is 1. The van der Waals surface area contributed by atoms with Crippen molar-refractivity contribution in [2.24, 2.45) is 0 Å². The second-order valence-electron chi connectivity index (χ2n) is 9.36. The zero-order chi connectivity index (χ0) is 27.6. The summed E-state index contributed by atoms with van der Waals surface area (Å²) in [6.07, 6.45) is -3.10. The van der Waals surface area contributed by atoms with E-state index in [-0.39, 0.29) is 42.8 Å². The van der Waals surface area contributed by atoms with Crippen LogP contribution >= 0.6 is 0 Å². The monoisotopic (exact) mass is 543 g/mol. The number of carbonyl (C=O) groups is 1. The van der Waals surface area contributed by atoms with E-state index in [9.17, 15) is 18.0 Å². The maximum Gasteiger partial charge on any atom is 0.416 e. The number of ether oxygens (including phenoxy) is 2. The molecule has 0 spiro atoms. The van der Waals surface area contributed by atoms with Crippen LogP contribution in [0.3, 0.4) is 0 Å². The lowest BCUT2D eigenvalue weighted by molar-refractivity contribution is -0.138. The van der Waals surface area contributed by atoms with Crippen LogP contribution in [-0.4, -0.2) is 72.2 Å². The van der Waals surface area contributed by atoms with Crippen molar-refractivity contribution in [1.29, 1.82) is 0 Å². The molecule has 2 aliphatic heterocycles. The lowest BCUT2D eigenvalue weighted by atomic mass is 10.0. The summed E-state index contributed by atoms with van der Waals surface area (Å²) in [6.45, 7) is 3.61. The highest BCUT2D eigenvalue weighted by Crippen LogP contribution is 2.37. The molecule has 1 saturated heterocycles. The Kier molecular flexibility index (Phi) is 7.44. The highest BCUT2D eigenvalue weighted by Gasteiger charge is 2.34. The van der Waals surface area contributed by atoms with Crippen molar-refractivity contribution >= 4 is 23.4 Å². The Labute approximate surface area is 223 Å². The number of nitrogens with one attached hydrogen (secondary N) is 1.